The second kappa shape index (κ2) is 12.5. The summed E-state index contributed by atoms with van der Waals surface area (Å²) in [6.07, 6.45) is 1.05. The monoisotopic (exact) mass is 506 g/mol. The van der Waals surface area contributed by atoms with Gasteiger partial charge in [-0.15, -0.1) is 0 Å². The predicted molar refractivity (Wildman–Crippen MR) is 139 cm³/mol. The highest BCUT2D eigenvalue weighted by molar-refractivity contribution is 6.13. The quantitative estimate of drug-likeness (QED) is 0.205. The number of nitrogens with zero attached hydrogens (tertiary/aromatic N) is 1. The van der Waals surface area contributed by atoms with Gasteiger partial charge >= 0.3 is 0 Å². The number of amides is 3. The van der Waals surface area contributed by atoms with E-state index in [4.69, 9.17) is 9.94 Å². The van der Waals surface area contributed by atoms with E-state index in [9.17, 15) is 14.4 Å². The van der Waals surface area contributed by atoms with Gasteiger partial charge in [0.1, 0.15) is 0 Å². The van der Waals surface area contributed by atoms with Gasteiger partial charge < -0.3 is 15.4 Å². The minimum absolute atomic E-state index is 0.298. The molecule has 0 spiro atoms. The fourth-order valence-corrected chi connectivity index (χ4v) is 4.12. The van der Waals surface area contributed by atoms with Gasteiger partial charge in [0.2, 0.25) is 0 Å². The highest BCUT2D eigenvalue weighted by atomic mass is 16.5. The number of ether oxygens (including phenoxy) is 1. The maximum Gasteiger partial charge on any atom is 0.278 e. The summed E-state index contributed by atoms with van der Waals surface area (Å²) in [6.45, 7) is 9.31. The Morgan fingerprint density at radius 2 is 1.73 bits per heavy atom. The van der Waals surface area contributed by atoms with Crippen molar-refractivity contribution in [3.63, 3.8) is 0 Å². The molecule has 3 amide bonds. The lowest BCUT2D eigenvalue weighted by atomic mass is 9.95. The maximum absolute atomic E-state index is 13.0. The van der Waals surface area contributed by atoms with Crippen molar-refractivity contribution in [1.82, 2.24) is 21.0 Å². The fourth-order valence-electron chi connectivity index (χ4n) is 4.12. The van der Waals surface area contributed by atoms with E-state index in [0.29, 0.717) is 11.1 Å². The Hall–Kier alpha value is -3.71. The summed E-state index contributed by atoms with van der Waals surface area (Å²) >= 11 is 0. The molecule has 1 heterocycles. The van der Waals surface area contributed by atoms with Crippen LogP contribution in [0.15, 0.2) is 36.4 Å². The van der Waals surface area contributed by atoms with Crippen molar-refractivity contribution < 1.29 is 24.3 Å². The molecule has 2 aromatic rings. The summed E-state index contributed by atoms with van der Waals surface area (Å²) in [5.41, 5.74) is 4.11. The number of hydrogen-bond acceptors (Lipinski definition) is 6. The van der Waals surface area contributed by atoms with Crippen LogP contribution in [-0.2, 0) is 20.9 Å². The van der Waals surface area contributed by atoms with Crippen LogP contribution in [0.25, 0.3) is 0 Å². The van der Waals surface area contributed by atoms with Crippen molar-refractivity contribution in [2.45, 2.75) is 39.3 Å². The van der Waals surface area contributed by atoms with Crippen LogP contribution in [0.5, 0.6) is 0 Å². The minimum atomic E-state index is -1.99. The topological polar surface area (TPSA) is 120 Å². The average molecular weight is 507 g/mol. The second-order valence-electron chi connectivity index (χ2n) is 9.20. The standard InChI is InChI=1S/C28H34N4O5/c1-19-20(2)24(25(33)30-28(3,26(34)29-4)27(35)31-36)13-12-23(19)11-10-21-6-8-22(9-7-21)18-32-14-5-16-37-17-15-32/h6-9,12-13,36H,5,14-18H2,1-4H3,(H,29,34)(H,30,33)(H,31,35)/t28-/m0/s1. The Kier molecular flexibility index (Phi) is 9.42. The molecule has 1 fully saturated rings. The van der Waals surface area contributed by atoms with Gasteiger partial charge in [0, 0.05) is 50.0 Å². The van der Waals surface area contributed by atoms with E-state index in [0.717, 1.165) is 56.0 Å². The van der Waals surface area contributed by atoms with Gasteiger partial charge in [0.15, 0.2) is 5.54 Å². The van der Waals surface area contributed by atoms with Crippen molar-refractivity contribution in [3.05, 3.63) is 69.8 Å². The van der Waals surface area contributed by atoms with Crippen LogP contribution in [-0.4, -0.2) is 66.7 Å². The molecule has 0 saturated carbocycles. The largest absolute Gasteiger partial charge is 0.380 e. The molecule has 1 atom stereocenters. The average Bonchev–Trinajstić information content (AvgIpc) is 3.17. The second-order valence-corrected chi connectivity index (χ2v) is 9.20. The van der Waals surface area contributed by atoms with Gasteiger partial charge in [0.25, 0.3) is 17.7 Å². The Labute approximate surface area is 217 Å². The lowest BCUT2D eigenvalue weighted by molar-refractivity contribution is -0.143. The summed E-state index contributed by atoms with van der Waals surface area (Å²) < 4.78 is 5.52. The summed E-state index contributed by atoms with van der Waals surface area (Å²) in [4.78, 5) is 39.7. The summed E-state index contributed by atoms with van der Waals surface area (Å²) in [5.74, 6) is 3.92. The molecule has 196 valence electrons. The first-order valence-corrected chi connectivity index (χ1v) is 12.2. The Bertz CT molecular complexity index is 1190. The number of nitrogens with one attached hydrogen (secondary N) is 3. The van der Waals surface area contributed by atoms with E-state index in [-0.39, 0.29) is 0 Å². The zero-order valence-corrected chi connectivity index (χ0v) is 21.7. The highest BCUT2D eigenvalue weighted by Crippen LogP contribution is 2.19. The third-order valence-corrected chi connectivity index (χ3v) is 6.65. The number of benzene rings is 2. The number of hydrogen-bond donors (Lipinski definition) is 4. The van der Waals surface area contributed by atoms with Gasteiger partial charge in [0.05, 0.1) is 6.61 Å². The van der Waals surface area contributed by atoms with Crippen LogP contribution < -0.4 is 16.1 Å². The van der Waals surface area contributed by atoms with Gasteiger partial charge in [-0.2, -0.15) is 0 Å². The molecule has 3 rings (SSSR count). The molecule has 37 heavy (non-hydrogen) atoms. The van der Waals surface area contributed by atoms with Crippen molar-refractivity contribution in [3.8, 4) is 11.8 Å². The zero-order chi connectivity index (χ0) is 27.0. The predicted octanol–water partition coefficient (Wildman–Crippen LogP) is 1.67. The van der Waals surface area contributed by atoms with Crippen molar-refractivity contribution in [2.24, 2.45) is 0 Å². The molecule has 0 radical (unpaired) electrons. The summed E-state index contributed by atoms with van der Waals surface area (Å²) in [7, 11) is 1.33. The Morgan fingerprint density at radius 1 is 1.00 bits per heavy atom. The fraction of sp³-hybridized carbons (Fsp3) is 0.393. The number of rotatable bonds is 6. The van der Waals surface area contributed by atoms with Crippen molar-refractivity contribution >= 4 is 17.7 Å². The van der Waals surface area contributed by atoms with Crippen LogP contribution >= 0.6 is 0 Å². The van der Waals surface area contributed by atoms with E-state index in [1.54, 1.807) is 19.1 Å². The third-order valence-electron chi connectivity index (χ3n) is 6.65. The third kappa shape index (κ3) is 6.74. The van der Waals surface area contributed by atoms with E-state index in [1.165, 1.54) is 25.0 Å². The minimum Gasteiger partial charge on any atom is -0.380 e. The first-order valence-electron chi connectivity index (χ1n) is 12.2. The molecule has 0 aliphatic carbocycles. The van der Waals surface area contributed by atoms with Crippen molar-refractivity contribution in [2.75, 3.05) is 33.4 Å². The molecule has 9 nitrogen and oxygen atoms in total. The lowest BCUT2D eigenvalue weighted by Crippen LogP contribution is -2.64. The van der Waals surface area contributed by atoms with Crippen LogP contribution in [0.4, 0.5) is 0 Å². The maximum atomic E-state index is 13.0. The normalized spacial score (nSPS) is 15.4. The summed E-state index contributed by atoms with van der Waals surface area (Å²) in [6, 6.07) is 11.5. The summed E-state index contributed by atoms with van der Waals surface area (Å²) in [5, 5.41) is 13.8. The molecule has 2 aromatic carbocycles. The molecule has 9 heteroatoms. The number of hydroxylamine groups is 1. The van der Waals surface area contributed by atoms with Gasteiger partial charge in [-0.3, -0.25) is 24.5 Å². The van der Waals surface area contributed by atoms with E-state index < -0.39 is 23.3 Å². The van der Waals surface area contributed by atoms with Crippen LogP contribution in [0.2, 0.25) is 0 Å². The molecule has 0 bridgehead atoms. The lowest BCUT2D eigenvalue weighted by Gasteiger charge is -2.26. The zero-order valence-electron chi connectivity index (χ0n) is 21.7. The molecular weight excluding hydrogens is 472 g/mol. The van der Waals surface area contributed by atoms with Crippen LogP contribution in [0.3, 0.4) is 0 Å². The van der Waals surface area contributed by atoms with Gasteiger partial charge in [-0.1, -0.05) is 24.0 Å². The number of carbonyl (C=O) groups excluding carboxylic acids is 3. The van der Waals surface area contributed by atoms with Crippen LogP contribution in [0.1, 0.15) is 51.5 Å². The Morgan fingerprint density at radius 3 is 2.41 bits per heavy atom. The Balaban J connectivity index is 1.74. The van der Waals surface area contributed by atoms with E-state index in [2.05, 4.69) is 39.5 Å². The molecule has 1 saturated heterocycles. The molecule has 1 aliphatic rings. The molecule has 0 aromatic heterocycles. The van der Waals surface area contributed by atoms with Crippen LogP contribution in [0, 0.1) is 25.7 Å². The van der Waals surface area contributed by atoms with Crippen molar-refractivity contribution in [1.29, 1.82) is 0 Å². The number of carbonyl (C=O) groups is 3. The van der Waals surface area contributed by atoms with E-state index >= 15 is 0 Å². The number of likely N-dealkylation sites (N-methyl/N-ethyl adjacent to an activating group) is 1. The molecule has 0 unspecified atom stereocenters. The SMILES string of the molecule is CNC(=O)[C@](C)(NC(=O)c1ccc(C#Cc2ccc(CN3CCCOCC3)cc2)c(C)c1C)C(=O)NO. The first-order chi connectivity index (χ1) is 17.7. The highest BCUT2D eigenvalue weighted by Gasteiger charge is 2.42. The van der Waals surface area contributed by atoms with Gasteiger partial charge in [-0.25, -0.2) is 5.48 Å². The molecule has 4 N–H and O–H groups in total. The molecular formula is C28H34N4O5. The van der Waals surface area contributed by atoms with Gasteiger partial charge in [-0.05, 0) is 68.1 Å². The molecule has 1 aliphatic heterocycles. The smallest absolute Gasteiger partial charge is 0.278 e. The van der Waals surface area contributed by atoms with E-state index in [1.807, 2.05) is 19.1 Å². The first kappa shape index (κ1) is 27.9.